The van der Waals surface area contributed by atoms with Crippen LogP contribution in [0.1, 0.15) is 38.2 Å². The Morgan fingerprint density at radius 3 is 2.40 bits per heavy atom. The molecular weight excluding hydrogens is 386 g/mol. The van der Waals surface area contributed by atoms with E-state index in [0.717, 1.165) is 37.9 Å². The highest BCUT2D eigenvalue weighted by Crippen LogP contribution is 2.34. The summed E-state index contributed by atoms with van der Waals surface area (Å²) < 4.78 is 16.0. The fourth-order valence-electron chi connectivity index (χ4n) is 3.72. The smallest absolute Gasteiger partial charge is 0.234 e. The van der Waals surface area contributed by atoms with Crippen LogP contribution in [0.3, 0.4) is 0 Å². The molecule has 1 aromatic rings. The molecule has 1 atom stereocenters. The lowest BCUT2D eigenvalue weighted by molar-refractivity contribution is -0.123. The van der Waals surface area contributed by atoms with Gasteiger partial charge < -0.3 is 24.8 Å². The molecular formula is C22H35N3O5. The number of nitrogens with one attached hydrogen (secondary N) is 2. The molecule has 2 amide bonds. The van der Waals surface area contributed by atoms with Crippen LogP contribution >= 0.6 is 0 Å². The van der Waals surface area contributed by atoms with Gasteiger partial charge in [0.1, 0.15) is 5.75 Å². The maximum Gasteiger partial charge on any atom is 0.234 e. The minimum absolute atomic E-state index is 0.0393. The fourth-order valence-corrected chi connectivity index (χ4v) is 3.72. The van der Waals surface area contributed by atoms with E-state index in [9.17, 15) is 9.59 Å². The van der Waals surface area contributed by atoms with Gasteiger partial charge in [-0.15, -0.1) is 0 Å². The minimum atomic E-state index is -0.0393. The summed E-state index contributed by atoms with van der Waals surface area (Å²) in [6, 6.07) is 3.57. The number of nitrogens with zero attached hydrogens (tertiary/aromatic N) is 1. The summed E-state index contributed by atoms with van der Waals surface area (Å²) in [5, 5.41) is 5.97. The molecule has 1 aromatic carbocycles. The first-order valence-corrected chi connectivity index (χ1v) is 10.5. The highest BCUT2D eigenvalue weighted by Gasteiger charge is 2.22. The number of piperidine rings is 1. The van der Waals surface area contributed by atoms with E-state index >= 15 is 0 Å². The first-order chi connectivity index (χ1) is 14.5. The maximum absolute atomic E-state index is 12.5. The van der Waals surface area contributed by atoms with Crippen molar-refractivity contribution in [3.8, 4) is 17.2 Å². The lowest BCUT2D eigenvalue weighted by Gasteiger charge is -2.32. The van der Waals surface area contributed by atoms with Crippen LogP contribution in [0.5, 0.6) is 17.2 Å². The molecule has 1 fully saturated rings. The maximum atomic E-state index is 12.5. The number of amides is 2. The molecule has 1 aliphatic rings. The SMILES string of the molecule is CCCC(=O)NCC1CCCN(CC(=O)NCc2cc(OC)c(OC)cc2OC)C1. The Morgan fingerprint density at radius 2 is 1.73 bits per heavy atom. The first kappa shape index (κ1) is 23.8. The van der Waals surface area contributed by atoms with Gasteiger partial charge in [0.15, 0.2) is 11.5 Å². The Balaban J connectivity index is 1.85. The molecule has 2 rings (SSSR count). The third-order valence-electron chi connectivity index (χ3n) is 5.30. The van der Waals surface area contributed by atoms with Crippen LogP contribution in [-0.2, 0) is 16.1 Å². The zero-order valence-electron chi connectivity index (χ0n) is 18.6. The van der Waals surface area contributed by atoms with Crippen molar-refractivity contribution in [2.75, 3.05) is 47.5 Å². The van der Waals surface area contributed by atoms with Gasteiger partial charge in [-0.25, -0.2) is 0 Å². The van der Waals surface area contributed by atoms with Gasteiger partial charge in [0, 0.05) is 37.7 Å². The van der Waals surface area contributed by atoms with Gasteiger partial charge in [-0.05, 0) is 37.8 Å². The van der Waals surface area contributed by atoms with Crippen LogP contribution in [0.4, 0.5) is 0 Å². The Labute approximate surface area is 179 Å². The second kappa shape index (κ2) is 12.3. The molecule has 0 spiro atoms. The Bertz CT molecular complexity index is 710. The van der Waals surface area contributed by atoms with Crippen LogP contribution in [0, 0.1) is 5.92 Å². The number of ether oxygens (including phenoxy) is 3. The summed E-state index contributed by atoms with van der Waals surface area (Å²) in [7, 11) is 4.73. The molecule has 30 heavy (non-hydrogen) atoms. The van der Waals surface area contributed by atoms with E-state index in [2.05, 4.69) is 15.5 Å². The molecule has 8 heteroatoms. The van der Waals surface area contributed by atoms with Crippen LogP contribution < -0.4 is 24.8 Å². The zero-order chi connectivity index (χ0) is 21.9. The predicted octanol–water partition coefficient (Wildman–Crippen LogP) is 1.96. The monoisotopic (exact) mass is 421 g/mol. The predicted molar refractivity (Wildman–Crippen MR) is 115 cm³/mol. The van der Waals surface area contributed by atoms with Crippen molar-refractivity contribution in [2.24, 2.45) is 5.92 Å². The molecule has 1 saturated heterocycles. The van der Waals surface area contributed by atoms with E-state index in [4.69, 9.17) is 14.2 Å². The van der Waals surface area contributed by atoms with Crippen LogP contribution in [-0.4, -0.2) is 64.2 Å². The first-order valence-electron chi connectivity index (χ1n) is 10.5. The fraction of sp³-hybridized carbons (Fsp3) is 0.636. The van der Waals surface area contributed by atoms with Crippen molar-refractivity contribution in [3.63, 3.8) is 0 Å². The normalized spacial score (nSPS) is 16.6. The van der Waals surface area contributed by atoms with Gasteiger partial charge >= 0.3 is 0 Å². The molecule has 1 aliphatic heterocycles. The number of carbonyl (C=O) groups is 2. The van der Waals surface area contributed by atoms with Crippen molar-refractivity contribution >= 4 is 11.8 Å². The van der Waals surface area contributed by atoms with E-state index in [-0.39, 0.29) is 11.8 Å². The number of benzene rings is 1. The van der Waals surface area contributed by atoms with E-state index in [0.29, 0.717) is 49.2 Å². The third-order valence-corrected chi connectivity index (χ3v) is 5.30. The van der Waals surface area contributed by atoms with Crippen molar-refractivity contribution in [2.45, 2.75) is 39.2 Å². The van der Waals surface area contributed by atoms with Gasteiger partial charge in [-0.3, -0.25) is 14.5 Å². The summed E-state index contributed by atoms with van der Waals surface area (Å²) in [6.45, 7) is 5.08. The molecule has 8 nitrogen and oxygen atoms in total. The summed E-state index contributed by atoms with van der Waals surface area (Å²) in [5.74, 6) is 2.26. The van der Waals surface area contributed by atoms with Gasteiger partial charge in [0.05, 0.1) is 27.9 Å². The number of hydrogen-bond donors (Lipinski definition) is 2. The van der Waals surface area contributed by atoms with E-state index in [1.807, 2.05) is 13.0 Å². The average molecular weight is 422 g/mol. The van der Waals surface area contributed by atoms with Crippen LogP contribution in [0.15, 0.2) is 12.1 Å². The molecule has 168 valence electrons. The topological polar surface area (TPSA) is 89.1 Å². The zero-order valence-corrected chi connectivity index (χ0v) is 18.6. The van der Waals surface area contributed by atoms with Crippen molar-refractivity contribution in [1.29, 1.82) is 0 Å². The number of likely N-dealkylation sites (tertiary alicyclic amines) is 1. The minimum Gasteiger partial charge on any atom is -0.496 e. The lowest BCUT2D eigenvalue weighted by atomic mass is 9.98. The third kappa shape index (κ3) is 7.09. The molecule has 0 aliphatic carbocycles. The van der Waals surface area contributed by atoms with Crippen molar-refractivity contribution in [3.05, 3.63) is 17.7 Å². The number of rotatable bonds is 11. The molecule has 0 bridgehead atoms. The van der Waals surface area contributed by atoms with Crippen molar-refractivity contribution < 1.29 is 23.8 Å². The standard InChI is InChI=1S/C22H35N3O5/c1-5-7-21(26)23-12-16-8-6-9-25(14-16)15-22(27)24-13-17-10-19(29-3)20(30-4)11-18(17)28-2/h10-11,16H,5-9,12-15H2,1-4H3,(H,23,26)(H,24,27). The molecule has 2 N–H and O–H groups in total. The highest BCUT2D eigenvalue weighted by molar-refractivity contribution is 5.78. The van der Waals surface area contributed by atoms with E-state index < -0.39 is 0 Å². The van der Waals surface area contributed by atoms with Crippen LogP contribution in [0.2, 0.25) is 0 Å². The van der Waals surface area contributed by atoms with Crippen molar-refractivity contribution in [1.82, 2.24) is 15.5 Å². The van der Waals surface area contributed by atoms with Gasteiger partial charge in [-0.1, -0.05) is 6.92 Å². The summed E-state index contributed by atoms with van der Waals surface area (Å²) in [5.41, 5.74) is 0.818. The molecule has 0 aromatic heterocycles. The summed E-state index contributed by atoms with van der Waals surface area (Å²) in [6.07, 6.45) is 3.53. The molecule has 0 radical (unpaired) electrons. The molecule has 1 unspecified atom stereocenters. The second-order valence-electron chi connectivity index (χ2n) is 7.59. The number of hydrogen-bond acceptors (Lipinski definition) is 6. The second-order valence-corrected chi connectivity index (χ2v) is 7.59. The highest BCUT2D eigenvalue weighted by atomic mass is 16.5. The van der Waals surface area contributed by atoms with Gasteiger partial charge in [0.25, 0.3) is 0 Å². The van der Waals surface area contributed by atoms with Crippen LogP contribution in [0.25, 0.3) is 0 Å². The Hall–Kier alpha value is -2.48. The van der Waals surface area contributed by atoms with Gasteiger partial charge in [-0.2, -0.15) is 0 Å². The summed E-state index contributed by atoms with van der Waals surface area (Å²) in [4.78, 5) is 26.3. The summed E-state index contributed by atoms with van der Waals surface area (Å²) >= 11 is 0. The van der Waals surface area contributed by atoms with Gasteiger partial charge in [0.2, 0.25) is 11.8 Å². The Kier molecular flexibility index (Phi) is 9.73. The number of carbonyl (C=O) groups excluding carboxylic acids is 2. The van der Waals surface area contributed by atoms with E-state index in [1.165, 1.54) is 0 Å². The Morgan fingerprint density at radius 1 is 1.03 bits per heavy atom. The number of methoxy groups -OCH3 is 3. The quantitative estimate of drug-likeness (QED) is 0.568. The molecule has 0 saturated carbocycles. The average Bonchev–Trinajstić information content (AvgIpc) is 2.76. The lowest BCUT2D eigenvalue weighted by Crippen LogP contribution is -2.45. The van der Waals surface area contributed by atoms with E-state index in [1.54, 1.807) is 27.4 Å². The molecule has 1 heterocycles. The largest absolute Gasteiger partial charge is 0.496 e.